The van der Waals surface area contributed by atoms with E-state index in [9.17, 15) is 0 Å². The first kappa shape index (κ1) is 20.4. The van der Waals surface area contributed by atoms with Crippen molar-refractivity contribution >= 4 is 7.12 Å². The molecule has 0 unspecified atom stereocenters. The smallest absolute Gasteiger partial charge is 0.427 e. The fourth-order valence-electron chi connectivity index (χ4n) is 4.17. The molecule has 0 aliphatic rings. The van der Waals surface area contributed by atoms with E-state index < -0.39 is 7.12 Å². The summed E-state index contributed by atoms with van der Waals surface area (Å²) >= 11 is 0. The predicted octanol–water partition coefficient (Wildman–Crippen LogP) is 5.44. The summed E-state index contributed by atoms with van der Waals surface area (Å²) in [7, 11) is -1.18. The summed E-state index contributed by atoms with van der Waals surface area (Å²) in [5.74, 6) is 0. The van der Waals surface area contributed by atoms with Gasteiger partial charge in [0.15, 0.2) is 0 Å². The average Bonchev–Trinajstić information content (AvgIpc) is 2.75. The third kappa shape index (κ3) is 4.92. The Labute approximate surface area is 169 Å². The molecule has 0 saturated carbocycles. The van der Waals surface area contributed by atoms with E-state index in [0.29, 0.717) is 6.32 Å². The van der Waals surface area contributed by atoms with E-state index in [1.807, 2.05) is 0 Å². The fourth-order valence-corrected chi connectivity index (χ4v) is 4.17. The van der Waals surface area contributed by atoms with Crippen LogP contribution < -0.4 is 0 Å². The normalized spacial score (nSPS) is 11.4. The molecule has 0 aromatic heterocycles. The molecule has 0 aliphatic heterocycles. The lowest BCUT2D eigenvalue weighted by Gasteiger charge is -2.36. The van der Waals surface area contributed by atoms with Crippen molar-refractivity contribution in [3.05, 3.63) is 108 Å². The Morgan fingerprint density at radius 2 is 0.929 bits per heavy atom. The molecule has 3 aromatic rings. The van der Waals surface area contributed by atoms with Crippen LogP contribution >= 0.6 is 0 Å². The molecule has 0 heterocycles. The summed E-state index contributed by atoms with van der Waals surface area (Å²) in [4.78, 5) is 0. The average molecular weight is 372 g/mol. The molecule has 2 N–H and O–H groups in total. The number of hydrogen-bond donors (Lipinski definition) is 2. The topological polar surface area (TPSA) is 40.5 Å². The summed E-state index contributed by atoms with van der Waals surface area (Å²) in [5.41, 5.74) is 3.77. The molecule has 144 valence electrons. The summed E-state index contributed by atoms with van der Waals surface area (Å²) in [6.07, 6.45) is 5.52. The Hall–Kier alpha value is -2.36. The molecule has 0 atom stereocenters. The zero-order chi connectivity index (χ0) is 19.7. The van der Waals surface area contributed by atoms with Gasteiger partial charge in [0.25, 0.3) is 0 Å². The van der Waals surface area contributed by atoms with Gasteiger partial charge in [-0.2, -0.15) is 0 Å². The highest BCUT2D eigenvalue weighted by molar-refractivity contribution is 6.40. The van der Waals surface area contributed by atoms with Gasteiger partial charge in [-0.1, -0.05) is 117 Å². The molecule has 0 bridgehead atoms. The molecule has 0 radical (unpaired) electrons. The highest BCUT2D eigenvalue weighted by Gasteiger charge is 2.35. The lowest BCUT2D eigenvalue weighted by atomic mass is 9.66. The van der Waals surface area contributed by atoms with Gasteiger partial charge < -0.3 is 10.0 Å². The lowest BCUT2D eigenvalue weighted by molar-refractivity contribution is 0.400. The van der Waals surface area contributed by atoms with E-state index in [2.05, 4.69) is 91.0 Å². The number of benzene rings is 3. The quantitative estimate of drug-likeness (QED) is 0.282. The predicted molar refractivity (Wildman–Crippen MR) is 117 cm³/mol. The van der Waals surface area contributed by atoms with Crippen LogP contribution in [0.25, 0.3) is 0 Å². The summed E-state index contributed by atoms with van der Waals surface area (Å²) in [6.45, 7) is 0. The molecular formula is C25H29BO2. The SMILES string of the molecule is OB(O)CCCCCCC(c1ccccc1)(c1ccccc1)c1ccccc1. The van der Waals surface area contributed by atoms with Crippen LogP contribution in [0.5, 0.6) is 0 Å². The van der Waals surface area contributed by atoms with Crippen LogP contribution in [0.1, 0.15) is 48.8 Å². The van der Waals surface area contributed by atoms with Gasteiger partial charge >= 0.3 is 7.12 Å². The van der Waals surface area contributed by atoms with E-state index >= 15 is 0 Å². The van der Waals surface area contributed by atoms with Crippen LogP contribution in [0.3, 0.4) is 0 Å². The maximum absolute atomic E-state index is 9.04. The Morgan fingerprint density at radius 3 is 1.32 bits per heavy atom. The second-order valence-electron chi connectivity index (χ2n) is 7.44. The van der Waals surface area contributed by atoms with Crippen LogP contribution in [-0.2, 0) is 5.41 Å². The highest BCUT2D eigenvalue weighted by atomic mass is 16.4. The molecule has 28 heavy (non-hydrogen) atoms. The van der Waals surface area contributed by atoms with Gasteiger partial charge in [-0.05, 0) is 29.4 Å². The van der Waals surface area contributed by atoms with Crippen molar-refractivity contribution < 1.29 is 10.0 Å². The van der Waals surface area contributed by atoms with E-state index in [1.165, 1.54) is 16.7 Å². The van der Waals surface area contributed by atoms with Crippen molar-refractivity contribution in [2.24, 2.45) is 0 Å². The molecule has 0 aliphatic carbocycles. The Bertz CT molecular complexity index is 707. The van der Waals surface area contributed by atoms with Gasteiger partial charge in [-0.3, -0.25) is 0 Å². The molecule has 2 nitrogen and oxygen atoms in total. The Kier molecular flexibility index (Phi) is 7.47. The number of rotatable bonds is 10. The monoisotopic (exact) mass is 372 g/mol. The van der Waals surface area contributed by atoms with Gasteiger partial charge in [0.1, 0.15) is 0 Å². The minimum atomic E-state index is -1.18. The third-order valence-corrected chi connectivity index (χ3v) is 5.56. The molecular weight excluding hydrogens is 343 g/mol. The zero-order valence-electron chi connectivity index (χ0n) is 16.4. The van der Waals surface area contributed by atoms with E-state index in [-0.39, 0.29) is 5.41 Å². The lowest BCUT2D eigenvalue weighted by Crippen LogP contribution is -2.29. The first-order valence-electron chi connectivity index (χ1n) is 10.3. The maximum Gasteiger partial charge on any atom is 0.451 e. The molecule has 0 saturated heterocycles. The molecule has 3 heteroatoms. The minimum absolute atomic E-state index is 0.180. The van der Waals surface area contributed by atoms with Gasteiger partial charge in [-0.15, -0.1) is 0 Å². The highest BCUT2D eigenvalue weighted by Crippen LogP contribution is 2.43. The van der Waals surface area contributed by atoms with E-state index in [4.69, 9.17) is 10.0 Å². The van der Waals surface area contributed by atoms with Crippen LogP contribution in [-0.4, -0.2) is 17.2 Å². The zero-order valence-corrected chi connectivity index (χ0v) is 16.4. The molecule has 0 spiro atoms. The second kappa shape index (κ2) is 10.3. The first-order valence-corrected chi connectivity index (χ1v) is 10.3. The summed E-state index contributed by atoms with van der Waals surface area (Å²) in [5, 5.41) is 18.1. The Balaban J connectivity index is 1.93. The van der Waals surface area contributed by atoms with Crippen LogP contribution in [0.4, 0.5) is 0 Å². The van der Waals surface area contributed by atoms with Gasteiger partial charge in [-0.25, -0.2) is 0 Å². The van der Waals surface area contributed by atoms with Crippen LogP contribution in [0.2, 0.25) is 6.32 Å². The largest absolute Gasteiger partial charge is 0.451 e. The van der Waals surface area contributed by atoms with Gasteiger partial charge in [0.05, 0.1) is 0 Å². The third-order valence-electron chi connectivity index (χ3n) is 5.56. The van der Waals surface area contributed by atoms with Crippen LogP contribution in [0, 0.1) is 0 Å². The minimum Gasteiger partial charge on any atom is -0.427 e. The summed E-state index contributed by atoms with van der Waals surface area (Å²) in [6, 6.07) is 32.4. The molecule has 3 rings (SSSR count). The van der Waals surface area contributed by atoms with Crippen molar-refractivity contribution in [1.29, 1.82) is 0 Å². The summed E-state index contributed by atoms with van der Waals surface area (Å²) < 4.78 is 0. The first-order chi connectivity index (χ1) is 13.7. The van der Waals surface area contributed by atoms with Gasteiger partial charge in [0.2, 0.25) is 0 Å². The van der Waals surface area contributed by atoms with Crippen molar-refractivity contribution in [2.75, 3.05) is 0 Å². The molecule has 0 amide bonds. The Morgan fingerprint density at radius 1 is 0.536 bits per heavy atom. The standard InChI is InChI=1S/C25H29BO2/c27-26(28)21-13-2-1-12-20-25(22-14-6-3-7-15-22,23-16-8-4-9-17-23)24-18-10-5-11-19-24/h3-11,14-19,27-28H,1-2,12-13,20-21H2. The number of hydrogen-bond acceptors (Lipinski definition) is 2. The molecule has 3 aromatic carbocycles. The van der Waals surface area contributed by atoms with E-state index in [1.54, 1.807) is 0 Å². The fraction of sp³-hybridized carbons (Fsp3) is 0.280. The van der Waals surface area contributed by atoms with Crippen LogP contribution in [0.15, 0.2) is 91.0 Å². The maximum atomic E-state index is 9.04. The van der Waals surface area contributed by atoms with Crippen molar-refractivity contribution in [3.8, 4) is 0 Å². The molecule has 0 fully saturated rings. The van der Waals surface area contributed by atoms with E-state index in [0.717, 1.165) is 32.1 Å². The van der Waals surface area contributed by atoms with Crippen molar-refractivity contribution in [2.45, 2.75) is 43.8 Å². The van der Waals surface area contributed by atoms with Gasteiger partial charge in [0, 0.05) is 5.41 Å². The van der Waals surface area contributed by atoms with Crippen molar-refractivity contribution in [1.82, 2.24) is 0 Å². The number of unbranched alkanes of at least 4 members (excludes halogenated alkanes) is 3. The second-order valence-corrected chi connectivity index (χ2v) is 7.44. The van der Waals surface area contributed by atoms with Crippen molar-refractivity contribution in [3.63, 3.8) is 0 Å².